The summed E-state index contributed by atoms with van der Waals surface area (Å²) in [5.41, 5.74) is 6.67. The molecule has 3 heterocycles. The third kappa shape index (κ3) is 2.86. The minimum Gasteiger partial charge on any atom is -0.381 e. The Kier molecular flexibility index (Phi) is 3.76. The van der Waals surface area contributed by atoms with Gasteiger partial charge < -0.3 is 20.5 Å². The smallest absolute Gasteiger partial charge is 0.221 e. The Morgan fingerprint density at radius 2 is 2.15 bits per heavy atom. The lowest BCUT2D eigenvalue weighted by Crippen LogP contribution is -2.48. The topological polar surface area (TPSA) is 82.3 Å². The molecule has 0 bridgehead atoms. The Hall–Kier alpha value is -1.40. The lowest BCUT2D eigenvalue weighted by Gasteiger charge is -2.43. The normalized spacial score (nSPS) is 25.6. The molecule has 3 rings (SSSR count). The first kappa shape index (κ1) is 13.6. The molecule has 0 saturated carbocycles. The van der Waals surface area contributed by atoms with Crippen LogP contribution in [0.1, 0.15) is 31.2 Å². The molecule has 1 unspecified atom stereocenters. The third-order valence-electron chi connectivity index (χ3n) is 4.23. The van der Waals surface area contributed by atoms with Crippen molar-refractivity contribution >= 4 is 11.8 Å². The van der Waals surface area contributed by atoms with E-state index in [0.717, 1.165) is 56.9 Å². The van der Waals surface area contributed by atoms with Gasteiger partial charge in [-0.15, -0.1) is 0 Å². The summed E-state index contributed by atoms with van der Waals surface area (Å²) in [5.74, 6) is 1.15. The molecule has 0 aliphatic carbocycles. The average molecular weight is 278 g/mol. The van der Waals surface area contributed by atoms with Crippen LogP contribution in [0.2, 0.25) is 0 Å². The Balaban J connectivity index is 1.69. The van der Waals surface area contributed by atoms with Crippen molar-refractivity contribution in [2.24, 2.45) is 0 Å². The molecule has 6 heteroatoms. The second-order valence-corrected chi connectivity index (χ2v) is 5.74. The van der Waals surface area contributed by atoms with Crippen LogP contribution in [0.3, 0.4) is 0 Å². The van der Waals surface area contributed by atoms with Gasteiger partial charge in [0.2, 0.25) is 5.95 Å². The van der Waals surface area contributed by atoms with Crippen molar-refractivity contribution in [3.63, 3.8) is 0 Å². The molecular formula is C14H22N4O2. The van der Waals surface area contributed by atoms with E-state index in [2.05, 4.69) is 15.3 Å². The Labute approximate surface area is 119 Å². The number of nitrogens with one attached hydrogen (secondary N) is 1. The van der Waals surface area contributed by atoms with Crippen LogP contribution in [0.15, 0.2) is 6.20 Å². The van der Waals surface area contributed by atoms with Gasteiger partial charge in [0.15, 0.2) is 0 Å². The summed E-state index contributed by atoms with van der Waals surface area (Å²) in [5, 5.41) is 3.51. The van der Waals surface area contributed by atoms with Crippen LogP contribution < -0.4 is 11.1 Å². The highest BCUT2D eigenvalue weighted by molar-refractivity contribution is 5.46. The summed E-state index contributed by atoms with van der Waals surface area (Å²) < 4.78 is 11.5. The van der Waals surface area contributed by atoms with Crippen LogP contribution >= 0.6 is 0 Å². The van der Waals surface area contributed by atoms with Gasteiger partial charge in [-0.3, -0.25) is 0 Å². The second kappa shape index (κ2) is 5.54. The molecule has 2 aliphatic rings. The molecule has 0 aromatic carbocycles. The van der Waals surface area contributed by atoms with Crippen molar-refractivity contribution in [1.29, 1.82) is 0 Å². The van der Waals surface area contributed by atoms with E-state index in [4.69, 9.17) is 15.2 Å². The summed E-state index contributed by atoms with van der Waals surface area (Å²) in [6.07, 6.45) is 5.71. The summed E-state index contributed by atoms with van der Waals surface area (Å²) in [7, 11) is 0. The van der Waals surface area contributed by atoms with E-state index in [1.54, 1.807) is 6.20 Å². The molecule has 0 amide bonds. The molecule has 6 nitrogen and oxygen atoms in total. The first-order valence-electron chi connectivity index (χ1n) is 7.24. The molecule has 2 aliphatic heterocycles. The average Bonchev–Trinajstić information content (AvgIpc) is 2.44. The first-order valence-corrected chi connectivity index (χ1v) is 7.24. The monoisotopic (exact) mass is 278 g/mol. The van der Waals surface area contributed by atoms with E-state index in [-0.39, 0.29) is 5.60 Å². The molecule has 20 heavy (non-hydrogen) atoms. The maximum Gasteiger partial charge on any atom is 0.221 e. The predicted molar refractivity (Wildman–Crippen MR) is 76.6 cm³/mol. The van der Waals surface area contributed by atoms with Crippen molar-refractivity contribution in [1.82, 2.24) is 9.97 Å². The molecule has 110 valence electrons. The van der Waals surface area contributed by atoms with E-state index >= 15 is 0 Å². The quantitative estimate of drug-likeness (QED) is 0.853. The number of anilines is 2. The van der Waals surface area contributed by atoms with Crippen LogP contribution in [0, 0.1) is 6.92 Å². The van der Waals surface area contributed by atoms with E-state index in [1.807, 2.05) is 6.92 Å². The highest BCUT2D eigenvalue weighted by Crippen LogP contribution is 2.35. The molecule has 2 fully saturated rings. The number of aromatic nitrogens is 2. The molecule has 3 N–H and O–H groups in total. The van der Waals surface area contributed by atoms with Crippen LogP contribution in [-0.2, 0) is 9.47 Å². The summed E-state index contributed by atoms with van der Waals surface area (Å²) in [6.45, 7) is 4.38. The molecular weight excluding hydrogens is 256 g/mol. The fraction of sp³-hybridized carbons (Fsp3) is 0.714. The van der Waals surface area contributed by atoms with E-state index < -0.39 is 0 Å². The van der Waals surface area contributed by atoms with E-state index in [1.165, 1.54) is 0 Å². The lowest BCUT2D eigenvalue weighted by molar-refractivity contribution is -0.135. The first-order chi connectivity index (χ1) is 9.67. The van der Waals surface area contributed by atoms with Gasteiger partial charge in [-0.05, 0) is 32.6 Å². The summed E-state index contributed by atoms with van der Waals surface area (Å²) >= 11 is 0. The summed E-state index contributed by atoms with van der Waals surface area (Å²) in [4.78, 5) is 8.29. The fourth-order valence-corrected chi connectivity index (χ4v) is 3.04. The van der Waals surface area contributed by atoms with Gasteiger partial charge >= 0.3 is 0 Å². The number of nitrogen functional groups attached to an aromatic ring is 1. The van der Waals surface area contributed by atoms with Crippen molar-refractivity contribution in [2.45, 2.75) is 44.2 Å². The van der Waals surface area contributed by atoms with Crippen LogP contribution in [-0.4, -0.2) is 41.4 Å². The van der Waals surface area contributed by atoms with Gasteiger partial charge in [0.25, 0.3) is 0 Å². The molecule has 1 atom stereocenters. The van der Waals surface area contributed by atoms with Gasteiger partial charge in [-0.25, -0.2) is 4.98 Å². The van der Waals surface area contributed by atoms with Crippen molar-refractivity contribution in [3.05, 3.63) is 11.8 Å². The van der Waals surface area contributed by atoms with E-state index in [9.17, 15) is 0 Å². The third-order valence-corrected chi connectivity index (χ3v) is 4.23. The second-order valence-electron chi connectivity index (χ2n) is 5.74. The largest absolute Gasteiger partial charge is 0.381 e. The molecule has 0 radical (unpaired) electrons. The van der Waals surface area contributed by atoms with Gasteiger partial charge in [0, 0.05) is 37.6 Å². The van der Waals surface area contributed by atoms with Gasteiger partial charge in [0.1, 0.15) is 5.82 Å². The standard InChI is InChI=1S/C14H22N4O2/c1-10-9-16-13(15)18-12(10)17-11-2-5-20-14(8-11)3-6-19-7-4-14/h9,11H,2-8H2,1H3,(H3,15,16,17,18). The van der Waals surface area contributed by atoms with Crippen molar-refractivity contribution in [2.75, 3.05) is 30.9 Å². The van der Waals surface area contributed by atoms with Gasteiger partial charge in [-0.2, -0.15) is 4.98 Å². The zero-order chi connectivity index (χ0) is 14.0. The molecule has 1 spiro atoms. The maximum atomic E-state index is 6.05. The Morgan fingerprint density at radius 3 is 2.95 bits per heavy atom. The molecule has 2 saturated heterocycles. The number of nitrogens with two attached hydrogens (primary N) is 1. The van der Waals surface area contributed by atoms with Crippen LogP contribution in [0.25, 0.3) is 0 Å². The van der Waals surface area contributed by atoms with Crippen LogP contribution in [0.4, 0.5) is 11.8 Å². The Bertz CT molecular complexity index is 469. The van der Waals surface area contributed by atoms with Gasteiger partial charge in [-0.1, -0.05) is 0 Å². The van der Waals surface area contributed by atoms with E-state index in [0.29, 0.717) is 12.0 Å². The fourth-order valence-electron chi connectivity index (χ4n) is 3.04. The Morgan fingerprint density at radius 1 is 1.35 bits per heavy atom. The number of aryl methyl sites for hydroxylation is 1. The molecule has 1 aromatic heterocycles. The predicted octanol–water partition coefficient (Wildman–Crippen LogP) is 1.51. The number of ether oxygens (including phenoxy) is 2. The number of rotatable bonds is 2. The minimum absolute atomic E-state index is 0.0132. The minimum atomic E-state index is -0.0132. The SMILES string of the molecule is Cc1cnc(N)nc1NC1CCOC2(CCOCC2)C1. The van der Waals surface area contributed by atoms with Crippen molar-refractivity contribution in [3.8, 4) is 0 Å². The zero-order valence-electron chi connectivity index (χ0n) is 11.9. The van der Waals surface area contributed by atoms with Crippen molar-refractivity contribution < 1.29 is 9.47 Å². The maximum absolute atomic E-state index is 6.05. The highest BCUT2D eigenvalue weighted by atomic mass is 16.5. The van der Waals surface area contributed by atoms with Gasteiger partial charge in [0.05, 0.1) is 5.60 Å². The zero-order valence-corrected chi connectivity index (χ0v) is 11.9. The lowest BCUT2D eigenvalue weighted by atomic mass is 9.84. The van der Waals surface area contributed by atoms with Crippen LogP contribution in [0.5, 0.6) is 0 Å². The number of hydrogen-bond donors (Lipinski definition) is 2. The number of hydrogen-bond acceptors (Lipinski definition) is 6. The summed E-state index contributed by atoms with van der Waals surface area (Å²) in [6, 6.07) is 0.370. The highest BCUT2D eigenvalue weighted by Gasteiger charge is 2.39. The molecule has 1 aromatic rings. The number of nitrogens with zero attached hydrogens (tertiary/aromatic N) is 2.